The third-order valence-electron chi connectivity index (χ3n) is 2.31. The summed E-state index contributed by atoms with van der Waals surface area (Å²) in [5, 5.41) is 11.5. The number of halogens is 2. The van der Waals surface area contributed by atoms with Crippen LogP contribution in [-0.4, -0.2) is 36.7 Å². The lowest BCUT2D eigenvalue weighted by Crippen LogP contribution is -2.36. The standard InChI is InChI=1S/C13H13ClFNO4/c1-20-13(19)11(17)7-16-12(18)5-3-8-2-4-10(15)9(14)6-8/h2-6,11,17H,7H2,1H3,(H,16,18)/b5-3+. The van der Waals surface area contributed by atoms with Crippen molar-refractivity contribution in [2.45, 2.75) is 6.10 Å². The number of benzene rings is 1. The molecule has 7 heteroatoms. The average Bonchev–Trinajstić information content (AvgIpc) is 2.45. The van der Waals surface area contributed by atoms with Gasteiger partial charge in [0.15, 0.2) is 6.10 Å². The molecule has 0 saturated heterocycles. The van der Waals surface area contributed by atoms with Gasteiger partial charge in [-0.3, -0.25) is 4.79 Å². The summed E-state index contributed by atoms with van der Waals surface area (Å²) in [6.45, 7) is -0.264. The van der Waals surface area contributed by atoms with Crippen molar-refractivity contribution >= 4 is 29.6 Å². The number of nitrogens with one attached hydrogen (secondary N) is 1. The summed E-state index contributed by atoms with van der Waals surface area (Å²) in [5.74, 6) is -1.90. The fourth-order valence-electron chi connectivity index (χ4n) is 1.26. The van der Waals surface area contributed by atoms with E-state index in [2.05, 4.69) is 10.1 Å². The maximum absolute atomic E-state index is 12.9. The van der Waals surface area contributed by atoms with Crippen LogP contribution in [-0.2, 0) is 14.3 Å². The van der Waals surface area contributed by atoms with Crippen LogP contribution >= 0.6 is 11.6 Å². The highest BCUT2D eigenvalue weighted by atomic mass is 35.5. The molecule has 0 heterocycles. The maximum atomic E-state index is 12.9. The number of methoxy groups -OCH3 is 1. The summed E-state index contributed by atoms with van der Waals surface area (Å²) in [7, 11) is 1.13. The molecule has 0 bridgehead atoms. The zero-order valence-corrected chi connectivity index (χ0v) is 11.4. The number of carbonyl (C=O) groups is 2. The van der Waals surface area contributed by atoms with Crippen molar-refractivity contribution in [1.29, 1.82) is 0 Å². The molecule has 1 amide bonds. The van der Waals surface area contributed by atoms with E-state index >= 15 is 0 Å². The van der Waals surface area contributed by atoms with Crippen LogP contribution in [0.1, 0.15) is 5.56 Å². The van der Waals surface area contributed by atoms with Gasteiger partial charge >= 0.3 is 5.97 Å². The minimum atomic E-state index is -1.42. The van der Waals surface area contributed by atoms with Crippen LogP contribution in [0.25, 0.3) is 6.08 Å². The first-order chi connectivity index (χ1) is 9.43. The van der Waals surface area contributed by atoms with E-state index in [0.29, 0.717) is 5.56 Å². The van der Waals surface area contributed by atoms with E-state index in [4.69, 9.17) is 11.6 Å². The summed E-state index contributed by atoms with van der Waals surface area (Å²) in [4.78, 5) is 22.3. The Bertz CT molecular complexity index is 533. The van der Waals surface area contributed by atoms with Gasteiger partial charge in [-0.1, -0.05) is 17.7 Å². The van der Waals surface area contributed by atoms with E-state index < -0.39 is 23.8 Å². The molecule has 0 aliphatic carbocycles. The molecule has 1 unspecified atom stereocenters. The molecule has 1 aromatic rings. The highest BCUT2D eigenvalue weighted by Gasteiger charge is 2.15. The molecule has 0 aliphatic rings. The smallest absolute Gasteiger partial charge is 0.336 e. The lowest BCUT2D eigenvalue weighted by molar-refractivity contribution is -0.150. The summed E-state index contributed by atoms with van der Waals surface area (Å²) < 4.78 is 17.2. The lowest BCUT2D eigenvalue weighted by atomic mass is 10.2. The zero-order valence-electron chi connectivity index (χ0n) is 10.6. The van der Waals surface area contributed by atoms with Gasteiger partial charge in [-0.15, -0.1) is 0 Å². The largest absolute Gasteiger partial charge is 0.467 e. The normalized spacial score (nSPS) is 12.2. The topological polar surface area (TPSA) is 75.6 Å². The Kier molecular flexibility index (Phi) is 6.14. The quantitative estimate of drug-likeness (QED) is 0.632. The second-order valence-corrected chi connectivity index (χ2v) is 4.20. The third-order valence-corrected chi connectivity index (χ3v) is 2.60. The van der Waals surface area contributed by atoms with Gasteiger partial charge in [-0.25, -0.2) is 9.18 Å². The van der Waals surface area contributed by atoms with Gasteiger partial charge < -0.3 is 15.2 Å². The van der Waals surface area contributed by atoms with Gasteiger partial charge in [0.05, 0.1) is 18.7 Å². The monoisotopic (exact) mass is 301 g/mol. The molecule has 0 aliphatic heterocycles. The van der Waals surface area contributed by atoms with Crippen LogP contribution in [0.5, 0.6) is 0 Å². The highest BCUT2D eigenvalue weighted by Crippen LogP contribution is 2.16. The second-order valence-electron chi connectivity index (χ2n) is 3.79. The van der Waals surface area contributed by atoms with Crippen LogP contribution in [0.2, 0.25) is 5.02 Å². The van der Waals surface area contributed by atoms with Gasteiger partial charge in [0.25, 0.3) is 0 Å². The van der Waals surface area contributed by atoms with Crippen molar-refractivity contribution < 1.29 is 23.8 Å². The molecule has 0 aromatic heterocycles. The van der Waals surface area contributed by atoms with Gasteiger partial charge in [-0.2, -0.15) is 0 Å². The van der Waals surface area contributed by atoms with Crippen LogP contribution in [0.4, 0.5) is 4.39 Å². The Morgan fingerprint density at radius 2 is 2.25 bits per heavy atom. The maximum Gasteiger partial charge on any atom is 0.336 e. The predicted octanol–water partition coefficient (Wildman–Crippen LogP) is 1.14. The molecule has 1 atom stereocenters. The van der Waals surface area contributed by atoms with Crippen molar-refractivity contribution in [1.82, 2.24) is 5.32 Å². The number of esters is 1. The number of ether oxygens (including phenoxy) is 1. The van der Waals surface area contributed by atoms with Gasteiger partial charge in [0.2, 0.25) is 5.91 Å². The van der Waals surface area contributed by atoms with E-state index in [1.54, 1.807) is 0 Å². The molecule has 1 rings (SSSR count). The van der Waals surface area contributed by atoms with Crippen molar-refractivity contribution in [3.63, 3.8) is 0 Å². The van der Waals surface area contributed by atoms with Crippen LogP contribution in [0.15, 0.2) is 24.3 Å². The Morgan fingerprint density at radius 1 is 1.55 bits per heavy atom. The number of aliphatic hydroxyl groups is 1. The summed E-state index contributed by atoms with van der Waals surface area (Å²) in [6.07, 6.45) is 1.18. The first-order valence-electron chi connectivity index (χ1n) is 5.61. The summed E-state index contributed by atoms with van der Waals surface area (Å²) in [5.41, 5.74) is 0.542. The molecule has 2 N–H and O–H groups in total. The number of hydrogen-bond acceptors (Lipinski definition) is 4. The van der Waals surface area contributed by atoms with E-state index in [1.165, 1.54) is 30.4 Å². The molecule has 20 heavy (non-hydrogen) atoms. The third kappa shape index (κ3) is 4.99. The van der Waals surface area contributed by atoms with Crippen molar-refractivity contribution in [2.24, 2.45) is 0 Å². The van der Waals surface area contributed by atoms with Crippen LogP contribution in [0, 0.1) is 5.82 Å². The SMILES string of the molecule is COC(=O)C(O)CNC(=O)/C=C/c1ccc(F)c(Cl)c1. The van der Waals surface area contributed by atoms with E-state index in [9.17, 15) is 19.1 Å². The van der Waals surface area contributed by atoms with Crippen LogP contribution < -0.4 is 5.32 Å². The number of amides is 1. The molecular formula is C13H13ClFNO4. The number of hydrogen-bond donors (Lipinski definition) is 2. The van der Waals surface area contributed by atoms with Gasteiger partial charge in [0.1, 0.15) is 5.82 Å². The fourth-order valence-corrected chi connectivity index (χ4v) is 1.45. The minimum Gasteiger partial charge on any atom is -0.467 e. The molecule has 0 radical (unpaired) electrons. The molecule has 108 valence electrons. The van der Waals surface area contributed by atoms with E-state index in [-0.39, 0.29) is 11.6 Å². The summed E-state index contributed by atoms with van der Waals surface area (Å²) >= 11 is 5.59. The number of carbonyl (C=O) groups excluding carboxylic acids is 2. The van der Waals surface area contributed by atoms with Crippen molar-refractivity contribution in [3.05, 3.63) is 40.7 Å². The first kappa shape index (κ1) is 16.1. The molecule has 0 spiro atoms. The Hall–Kier alpha value is -1.92. The molecular weight excluding hydrogens is 289 g/mol. The molecule has 5 nitrogen and oxygen atoms in total. The highest BCUT2D eigenvalue weighted by molar-refractivity contribution is 6.30. The lowest BCUT2D eigenvalue weighted by Gasteiger charge is -2.07. The Balaban J connectivity index is 2.51. The minimum absolute atomic E-state index is 0.0475. The summed E-state index contributed by atoms with van der Waals surface area (Å²) in [6, 6.07) is 4.00. The van der Waals surface area contributed by atoms with Gasteiger partial charge in [-0.05, 0) is 23.8 Å². The first-order valence-corrected chi connectivity index (χ1v) is 5.98. The van der Waals surface area contributed by atoms with Crippen molar-refractivity contribution in [2.75, 3.05) is 13.7 Å². The average molecular weight is 302 g/mol. The van der Waals surface area contributed by atoms with Crippen molar-refractivity contribution in [3.8, 4) is 0 Å². The van der Waals surface area contributed by atoms with Gasteiger partial charge in [0, 0.05) is 6.08 Å². The Labute approximate surface area is 120 Å². The molecule has 0 fully saturated rings. The molecule has 1 aromatic carbocycles. The van der Waals surface area contributed by atoms with E-state index in [0.717, 1.165) is 7.11 Å². The zero-order chi connectivity index (χ0) is 15.1. The predicted molar refractivity (Wildman–Crippen MR) is 71.5 cm³/mol. The number of aliphatic hydroxyl groups excluding tert-OH is 1. The fraction of sp³-hybridized carbons (Fsp3) is 0.231. The number of rotatable bonds is 5. The van der Waals surface area contributed by atoms with E-state index in [1.807, 2.05) is 0 Å². The second kappa shape index (κ2) is 7.62. The Morgan fingerprint density at radius 3 is 2.85 bits per heavy atom. The molecule has 0 saturated carbocycles. The van der Waals surface area contributed by atoms with Crippen LogP contribution in [0.3, 0.4) is 0 Å².